The number of aliphatic hydroxyl groups excluding tert-OH is 2. The Morgan fingerprint density at radius 1 is 0.877 bits per heavy atom. The maximum Gasteiger partial charge on any atom is 0.311 e. The molecule has 57 heavy (non-hydrogen) atoms. The molecule has 2 rings (SSSR count). The summed E-state index contributed by atoms with van der Waals surface area (Å²) < 4.78 is 6.22. The van der Waals surface area contributed by atoms with Gasteiger partial charge in [0, 0.05) is 38.5 Å². The second-order valence-corrected chi connectivity index (χ2v) is 18.1. The first-order valence-electron chi connectivity index (χ1n) is 23.1. The first kappa shape index (κ1) is 50.7. The molecule has 0 aromatic carbocycles. The number of esters is 1. The Labute approximate surface area is 348 Å². The number of carbonyl (C=O) groups excluding carboxylic acids is 3. The molecule has 0 heterocycles. The molecule has 2 unspecified atom stereocenters. The van der Waals surface area contributed by atoms with Crippen molar-refractivity contribution in [3.63, 3.8) is 0 Å². The summed E-state index contributed by atoms with van der Waals surface area (Å²) in [4.78, 5) is 40.0. The van der Waals surface area contributed by atoms with Gasteiger partial charge in [0.25, 0.3) is 0 Å². The zero-order valence-electron chi connectivity index (χ0n) is 37.4. The van der Waals surface area contributed by atoms with Gasteiger partial charge in [-0.2, -0.15) is 0 Å². The molecule has 0 bridgehead atoms. The minimum absolute atomic E-state index is 0.0611. The third-order valence-electron chi connectivity index (χ3n) is 12.4. The van der Waals surface area contributed by atoms with E-state index in [1.807, 2.05) is 27.8 Å². The van der Waals surface area contributed by atoms with Crippen LogP contribution in [0.25, 0.3) is 0 Å². The summed E-state index contributed by atoms with van der Waals surface area (Å²) in [7, 11) is 1.96. The van der Waals surface area contributed by atoms with Gasteiger partial charge in [-0.1, -0.05) is 109 Å². The highest BCUT2D eigenvalue weighted by Gasteiger charge is 2.43. The van der Waals surface area contributed by atoms with Crippen molar-refractivity contribution in [2.45, 2.75) is 188 Å². The van der Waals surface area contributed by atoms with Crippen molar-refractivity contribution in [2.24, 2.45) is 29.1 Å². The Morgan fingerprint density at radius 2 is 1.47 bits per heavy atom. The lowest BCUT2D eigenvalue weighted by atomic mass is 9.65. The van der Waals surface area contributed by atoms with E-state index in [0.29, 0.717) is 51.4 Å². The molecule has 0 aliphatic heterocycles. The molecule has 7 atom stereocenters. The number of hydrogen-bond donors (Lipinski definition) is 4. The van der Waals surface area contributed by atoms with E-state index in [1.165, 1.54) is 76.2 Å². The molecule has 0 spiro atoms. The van der Waals surface area contributed by atoms with Gasteiger partial charge in [0.05, 0.1) is 24.0 Å². The lowest BCUT2D eigenvalue weighted by Gasteiger charge is -2.44. The van der Waals surface area contributed by atoms with Gasteiger partial charge >= 0.3 is 5.97 Å². The normalized spacial score (nSPS) is 21.9. The number of rotatable bonds is 31. The van der Waals surface area contributed by atoms with Crippen LogP contribution in [0.3, 0.4) is 0 Å². The molecule has 4 N–H and O–H groups in total. The van der Waals surface area contributed by atoms with Crippen LogP contribution in [-0.4, -0.2) is 84.4 Å². The van der Waals surface area contributed by atoms with E-state index in [-0.39, 0.29) is 54.5 Å². The van der Waals surface area contributed by atoms with Gasteiger partial charge in [0.2, 0.25) is 11.8 Å². The quantitative estimate of drug-likeness (QED) is 0.0313. The number of nitrogens with one attached hydrogen (secondary N) is 2. The smallest absolute Gasteiger partial charge is 0.311 e. The lowest BCUT2D eigenvalue weighted by Crippen LogP contribution is -2.43. The minimum Gasteiger partial charge on any atom is -0.461 e. The Kier molecular flexibility index (Phi) is 25.6. The zero-order valence-corrected chi connectivity index (χ0v) is 37.4. The van der Waals surface area contributed by atoms with Crippen molar-refractivity contribution >= 4 is 17.8 Å². The first-order valence-corrected chi connectivity index (χ1v) is 23.1. The summed E-state index contributed by atoms with van der Waals surface area (Å²) in [5, 5.41) is 27.4. The molecule has 9 nitrogen and oxygen atoms in total. The number of likely N-dealkylation sites (N-methyl/N-ethyl adjacent to an activating group) is 1. The summed E-state index contributed by atoms with van der Waals surface area (Å²) in [5.74, 6) is 0.566. The van der Waals surface area contributed by atoms with Crippen molar-refractivity contribution < 1.29 is 29.3 Å². The molecule has 0 aromatic rings. The average Bonchev–Trinajstić information content (AvgIpc) is 3.15. The lowest BCUT2D eigenvalue weighted by molar-refractivity contribution is -0.164. The molecule has 2 amide bonds. The first-order chi connectivity index (χ1) is 27.3. The molecule has 2 aliphatic carbocycles. The van der Waals surface area contributed by atoms with Crippen molar-refractivity contribution in [1.82, 2.24) is 15.5 Å². The zero-order chi connectivity index (χ0) is 42.1. The Balaban J connectivity index is 1.55. The van der Waals surface area contributed by atoms with E-state index in [0.717, 1.165) is 25.7 Å². The van der Waals surface area contributed by atoms with Gasteiger partial charge in [0.1, 0.15) is 6.10 Å². The van der Waals surface area contributed by atoms with Gasteiger partial charge in [-0.15, -0.1) is 0 Å². The number of ether oxygens (including phenoxy) is 1. The maximum absolute atomic E-state index is 13.1. The van der Waals surface area contributed by atoms with Gasteiger partial charge < -0.3 is 30.5 Å². The van der Waals surface area contributed by atoms with Crippen LogP contribution in [0.1, 0.15) is 170 Å². The second-order valence-electron chi connectivity index (χ2n) is 18.1. The van der Waals surface area contributed by atoms with Crippen molar-refractivity contribution in [2.75, 3.05) is 33.2 Å². The molecular weight excluding hydrogens is 715 g/mol. The highest BCUT2D eigenvalue weighted by Crippen LogP contribution is 2.45. The monoisotopic (exact) mass is 800 g/mol. The van der Waals surface area contributed by atoms with Crippen LogP contribution in [0.15, 0.2) is 36.0 Å². The third-order valence-corrected chi connectivity index (χ3v) is 12.4. The van der Waals surface area contributed by atoms with E-state index >= 15 is 0 Å². The third kappa shape index (κ3) is 21.4. The molecule has 328 valence electrons. The van der Waals surface area contributed by atoms with Crippen LogP contribution in [0.5, 0.6) is 0 Å². The van der Waals surface area contributed by atoms with Crippen LogP contribution in [0, 0.1) is 29.1 Å². The molecule has 9 heteroatoms. The Morgan fingerprint density at radius 3 is 2.11 bits per heavy atom. The molecule has 0 radical (unpaired) electrons. The number of carbonyl (C=O) groups is 3. The SMILES string of the molecule is CCCCCCCC/C=C\CCCCCCCC(=O)NCCN(C)CCNC(=O)C[C@H](O)C[C@@H](O)CC[C@@H]1C2C(=C[C@H](C)CC2OC(=O)C(C)(C)CC)C=C[C@@H]1C. The molecule has 0 saturated carbocycles. The van der Waals surface area contributed by atoms with Crippen LogP contribution >= 0.6 is 0 Å². The minimum atomic E-state index is -0.936. The maximum atomic E-state index is 13.1. The van der Waals surface area contributed by atoms with Gasteiger partial charge in [-0.3, -0.25) is 14.4 Å². The molecule has 0 saturated heterocycles. The summed E-state index contributed by atoms with van der Waals surface area (Å²) in [5.41, 5.74) is 0.683. The summed E-state index contributed by atoms with van der Waals surface area (Å²) in [6, 6.07) is 0. The predicted molar refractivity (Wildman–Crippen MR) is 235 cm³/mol. The molecule has 0 fully saturated rings. The molecule has 0 aromatic heterocycles. The average molecular weight is 800 g/mol. The van der Waals surface area contributed by atoms with E-state index in [4.69, 9.17) is 4.74 Å². The number of nitrogens with zero attached hydrogens (tertiary/aromatic N) is 1. The summed E-state index contributed by atoms with van der Waals surface area (Å²) in [6.45, 7) is 14.8. The number of fused-ring (bicyclic) bond motifs is 1. The van der Waals surface area contributed by atoms with Gasteiger partial charge in [-0.05, 0) is 108 Å². The highest BCUT2D eigenvalue weighted by molar-refractivity contribution is 5.77. The van der Waals surface area contributed by atoms with Crippen molar-refractivity contribution in [3.8, 4) is 0 Å². The van der Waals surface area contributed by atoms with Gasteiger partial charge in [0.15, 0.2) is 0 Å². The highest BCUT2D eigenvalue weighted by atomic mass is 16.5. The standard InChI is InChI=1S/C48H85N3O6/c1-8-10-11-12-13-14-15-16-17-18-19-20-21-22-23-24-44(54)49-29-31-51(7)32-30-50-45(55)36-41(53)35-40(52)27-28-42-38(4)25-26-39-33-37(3)34-43(46(39)42)57-47(56)48(5,6)9-2/h16-17,25-26,33,37-38,40-43,46,52-53H,8-15,18-24,27-32,34-36H2,1-7H3,(H,49,54)(H,50,55)/b17-16-/t37-,38-,40-,41+,42-,43?,46?/m0/s1. The van der Waals surface area contributed by atoms with Gasteiger partial charge in [-0.25, -0.2) is 0 Å². The fourth-order valence-electron chi connectivity index (χ4n) is 8.18. The second kappa shape index (κ2) is 28.9. The predicted octanol–water partition coefficient (Wildman–Crippen LogP) is 9.22. The molecular formula is C48H85N3O6. The number of allylic oxidation sites excluding steroid dienone is 5. The van der Waals surface area contributed by atoms with Crippen molar-refractivity contribution in [3.05, 3.63) is 36.0 Å². The number of amides is 2. The number of hydrogen-bond acceptors (Lipinski definition) is 7. The van der Waals surface area contributed by atoms with E-state index < -0.39 is 17.6 Å². The van der Waals surface area contributed by atoms with Crippen LogP contribution in [-0.2, 0) is 19.1 Å². The van der Waals surface area contributed by atoms with Crippen LogP contribution in [0.2, 0.25) is 0 Å². The fourth-order valence-corrected chi connectivity index (χ4v) is 8.18. The summed E-state index contributed by atoms with van der Waals surface area (Å²) in [6.07, 6.45) is 29.1. The van der Waals surface area contributed by atoms with E-state index in [9.17, 15) is 24.6 Å². The van der Waals surface area contributed by atoms with E-state index in [2.05, 4.69) is 66.7 Å². The van der Waals surface area contributed by atoms with E-state index in [1.54, 1.807) is 0 Å². The number of unbranched alkanes of at least 4 members (excludes halogenated alkanes) is 11. The molecule has 2 aliphatic rings. The van der Waals surface area contributed by atoms with Crippen LogP contribution < -0.4 is 10.6 Å². The van der Waals surface area contributed by atoms with Crippen LogP contribution in [0.4, 0.5) is 0 Å². The summed E-state index contributed by atoms with van der Waals surface area (Å²) >= 11 is 0. The number of aliphatic hydroxyl groups is 2. The fraction of sp³-hybridized carbons (Fsp3) is 0.812. The van der Waals surface area contributed by atoms with Crippen molar-refractivity contribution in [1.29, 1.82) is 0 Å². The largest absolute Gasteiger partial charge is 0.461 e. The Bertz CT molecular complexity index is 1230. The topological polar surface area (TPSA) is 128 Å². The Hall–Kier alpha value is -2.49.